The van der Waals surface area contributed by atoms with Crippen LogP contribution in [0.1, 0.15) is 32.8 Å². The first kappa shape index (κ1) is 14.3. The number of hydrogen-bond acceptors (Lipinski definition) is 2. The maximum atomic E-state index is 11.6. The molecule has 0 fully saturated rings. The van der Waals surface area contributed by atoms with Gasteiger partial charge in [-0.3, -0.25) is 4.79 Å². The summed E-state index contributed by atoms with van der Waals surface area (Å²) in [4.78, 5) is 11.6. The number of carbonyl (C=O) groups excluding carboxylic acids is 1. The average Bonchev–Trinajstić information content (AvgIpc) is 2.38. The Hall–Kier alpha value is -1.77. The van der Waals surface area contributed by atoms with Crippen LogP contribution in [0.25, 0.3) is 6.08 Å². The second kappa shape index (κ2) is 7.54. The molecule has 0 heterocycles. The van der Waals surface area contributed by atoms with Crippen molar-refractivity contribution >= 4 is 12.0 Å². The molecule has 1 amide bonds. The van der Waals surface area contributed by atoms with E-state index in [1.807, 2.05) is 45.0 Å². The lowest BCUT2D eigenvalue weighted by molar-refractivity contribution is -0.117. The van der Waals surface area contributed by atoms with Crippen LogP contribution in [0.2, 0.25) is 0 Å². The monoisotopic (exact) mass is 247 g/mol. The Bertz CT molecular complexity index is 413. The van der Waals surface area contributed by atoms with Gasteiger partial charge in [0.15, 0.2) is 0 Å². The molecule has 0 aliphatic rings. The molecular formula is C15H21NO2. The number of benzene rings is 1. The summed E-state index contributed by atoms with van der Waals surface area (Å²) >= 11 is 0. The van der Waals surface area contributed by atoms with Gasteiger partial charge in [0.05, 0.1) is 6.61 Å². The molecule has 0 saturated heterocycles. The van der Waals surface area contributed by atoms with Gasteiger partial charge in [-0.25, -0.2) is 0 Å². The molecule has 98 valence electrons. The second-order valence-corrected chi connectivity index (χ2v) is 4.12. The van der Waals surface area contributed by atoms with E-state index in [2.05, 4.69) is 5.32 Å². The topological polar surface area (TPSA) is 38.3 Å². The van der Waals surface area contributed by atoms with Crippen molar-refractivity contribution in [2.75, 3.05) is 6.61 Å². The molecule has 1 aromatic rings. The van der Waals surface area contributed by atoms with Gasteiger partial charge in [-0.2, -0.15) is 0 Å². The van der Waals surface area contributed by atoms with Gasteiger partial charge in [-0.1, -0.05) is 25.1 Å². The van der Waals surface area contributed by atoms with Crippen molar-refractivity contribution in [1.29, 1.82) is 0 Å². The van der Waals surface area contributed by atoms with Crippen LogP contribution in [0.15, 0.2) is 30.3 Å². The Morgan fingerprint density at radius 2 is 2.11 bits per heavy atom. The maximum absolute atomic E-state index is 11.6. The Labute approximate surface area is 109 Å². The van der Waals surface area contributed by atoms with Gasteiger partial charge in [0, 0.05) is 17.7 Å². The smallest absolute Gasteiger partial charge is 0.244 e. The number of hydrogen-bond donors (Lipinski definition) is 1. The van der Waals surface area contributed by atoms with Crippen LogP contribution in [0, 0.1) is 0 Å². The van der Waals surface area contributed by atoms with Crippen molar-refractivity contribution in [2.45, 2.75) is 33.2 Å². The van der Waals surface area contributed by atoms with Gasteiger partial charge >= 0.3 is 0 Å². The fourth-order valence-corrected chi connectivity index (χ4v) is 1.46. The first-order chi connectivity index (χ1) is 8.67. The molecule has 18 heavy (non-hydrogen) atoms. The molecule has 0 aromatic heterocycles. The van der Waals surface area contributed by atoms with Gasteiger partial charge in [-0.15, -0.1) is 0 Å². The van der Waals surface area contributed by atoms with Crippen LogP contribution in [0.4, 0.5) is 0 Å². The van der Waals surface area contributed by atoms with Crippen molar-refractivity contribution in [3.8, 4) is 5.75 Å². The van der Waals surface area contributed by atoms with E-state index in [1.165, 1.54) is 0 Å². The van der Waals surface area contributed by atoms with Crippen molar-refractivity contribution in [2.24, 2.45) is 0 Å². The molecule has 0 radical (unpaired) electrons. The molecule has 0 bridgehead atoms. The quantitative estimate of drug-likeness (QED) is 0.785. The van der Waals surface area contributed by atoms with E-state index in [0.717, 1.165) is 17.7 Å². The SMILES string of the molecule is CCOc1ccccc1/C=C/C(=O)NC(C)CC. The Morgan fingerprint density at radius 3 is 2.78 bits per heavy atom. The number of ether oxygens (including phenoxy) is 1. The predicted octanol–water partition coefficient (Wildman–Crippen LogP) is 3.01. The Morgan fingerprint density at radius 1 is 1.39 bits per heavy atom. The standard InChI is InChI=1S/C15H21NO2/c1-4-12(3)16-15(17)11-10-13-8-6-7-9-14(13)18-5-2/h6-12H,4-5H2,1-3H3,(H,16,17)/b11-10+. The maximum Gasteiger partial charge on any atom is 0.244 e. The summed E-state index contributed by atoms with van der Waals surface area (Å²) < 4.78 is 5.49. The average molecular weight is 247 g/mol. The van der Waals surface area contributed by atoms with Crippen LogP contribution in [-0.2, 0) is 4.79 Å². The second-order valence-electron chi connectivity index (χ2n) is 4.12. The summed E-state index contributed by atoms with van der Waals surface area (Å²) in [7, 11) is 0. The van der Waals surface area contributed by atoms with Gasteiger partial charge in [0.25, 0.3) is 0 Å². The fraction of sp³-hybridized carbons (Fsp3) is 0.400. The first-order valence-electron chi connectivity index (χ1n) is 6.37. The van der Waals surface area contributed by atoms with Crippen molar-refractivity contribution < 1.29 is 9.53 Å². The third-order valence-electron chi connectivity index (χ3n) is 2.63. The summed E-state index contributed by atoms with van der Waals surface area (Å²) in [5, 5.41) is 2.88. The fourth-order valence-electron chi connectivity index (χ4n) is 1.46. The van der Waals surface area contributed by atoms with E-state index < -0.39 is 0 Å². The van der Waals surface area contributed by atoms with E-state index in [1.54, 1.807) is 12.2 Å². The lowest BCUT2D eigenvalue weighted by Crippen LogP contribution is -2.30. The number of amides is 1. The number of carbonyl (C=O) groups is 1. The van der Waals surface area contributed by atoms with Gasteiger partial charge in [0.2, 0.25) is 5.91 Å². The number of rotatable bonds is 6. The zero-order chi connectivity index (χ0) is 13.4. The van der Waals surface area contributed by atoms with Gasteiger partial charge in [-0.05, 0) is 32.4 Å². The molecule has 3 nitrogen and oxygen atoms in total. The molecule has 0 spiro atoms. The highest BCUT2D eigenvalue weighted by Gasteiger charge is 2.02. The van der Waals surface area contributed by atoms with E-state index in [0.29, 0.717) is 6.61 Å². The van der Waals surface area contributed by atoms with Gasteiger partial charge in [0.1, 0.15) is 5.75 Å². The van der Waals surface area contributed by atoms with Crippen molar-refractivity contribution in [1.82, 2.24) is 5.32 Å². The van der Waals surface area contributed by atoms with Crippen molar-refractivity contribution in [3.63, 3.8) is 0 Å². The molecule has 1 N–H and O–H groups in total. The zero-order valence-corrected chi connectivity index (χ0v) is 11.3. The summed E-state index contributed by atoms with van der Waals surface area (Å²) in [6, 6.07) is 7.87. The number of para-hydroxylation sites is 1. The molecule has 0 aliphatic heterocycles. The van der Waals surface area contributed by atoms with Gasteiger partial charge < -0.3 is 10.1 Å². The van der Waals surface area contributed by atoms with Crippen LogP contribution in [0.5, 0.6) is 5.75 Å². The minimum Gasteiger partial charge on any atom is -0.493 e. The summed E-state index contributed by atoms with van der Waals surface area (Å²) in [6.45, 7) is 6.58. The Kier molecular flexibility index (Phi) is 5.98. The minimum atomic E-state index is -0.0735. The normalized spacial score (nSPS) is 12.4. The molecule has 1 aromatic carbocycles. The molecule has 1 atom stereocenters. The van der Waals surface area contributed by atoms with Crippen LogP contribution in [0.3, 0.4) is 0 Å². The summed E-state index contributed by atoms with van der Waals surface area (Å²) in [5.74, 6) is 0.725. The van der Waals surface area contributed by atoms with E-state index in [4.69, 9.17) is 4.74 Å². The molecular weight excluding hydrogens is 226 g/mol. The van der Waals surface area contributed by atoms with Crippen LogP contribution in [-0.4, -0.2) is 18.6 Å². The predicted molar refractivity (Wildman–Crippen MR) is 74.5 cm³/mol. The molecule has 0 saturated carbocycles. The number of nitrogens with one attached hydrogen (secondary N) is 1. The lowest BCUT2D eigenvalue weighted by atomic mass is 10.2. The lowest BCUT2D eigenvalue weighted by Gasteiger charge is -2.09. The third kappa shape index (κ3) is 4.62. The summed E-state index contributed by atoms with van der Waals surface area (Å²) in [5.41, 5.74) is 0.915. The largest absolute Gasteiger partial charge is 0.493 e. The minimum absolute atomic E-state index is 0.0735. The van der Waals surface area contributed by atoms with E-state index >= 15 is 0 Å². The third-order valence-corrected chi connectivity index (χ3v) is 2.63. The molecule has 1 unspecified atom stereocenters. The van der Waals surface area contributed by atoms with E-state index in [-0.39, 0.29) is 11.9 Å². The molecule has 1 rings (SSSR count). The molecule has 0 aliphatic carbocycles. The molecule has 3 heteroatoms. The zero-order valence-electron chi connectivity index (χ0n) is 11.3. The highest BCUT2D eigenvalue weighted by Crippen LogP contribution is 2.19. The van der Waals surface area contributed by atoms with Crippen molar-refractivity contribution in [3.05, 3.63) is 35.9 Å². The first-order valence-corrected chi connectivity index (χ1v) is 6.37. The highest BCUT2D eigenvalue weighted by atomic mass is 16.5. The Balaban J connectivity index is 2.68. The van der Waals surface area contributed by atoms with Crippen LogP contribution < -0.4 is 10.1 Å². The van der Waals surface area contributed by atoms with Crippen LogP contribution >= 0.6 is 0 Å². The summed E-state index contributed by atoms with van der Waals surface area (Å²) in [6.07, 6.45) is 4.25. The highest BCUT2D eigenvalue weighted by molar-refractivity contribution is 5.92. The van der Waals surface area contributed by atoms with E-state index in [9.17, 15) is 4.79 Å².